The highest BCUT2D eigenvalue weighted by molar-refractivity contribution is 7.80. The first kappa shape index (κ1) is 19.1. The van der Waals surface area contributed by atoms with Gasteiger partial charge in [0.25, 0.3) is 0 Å². The molecule has 0 aromatic heterocycles. The maximum atomic E-state index is 11.7. The second-order valence-corrected chi connectivity index (χ2v) is 5.44. The SMILES string of the molecule is COCCOC(=O)CCC(=O)NC(=S)Nc1ccc(C)cc1C. The van der Waals surface area contributed by atoms with Gasteiger partial charge in [0.1, 0.15) is 6.61 Å². The number of hydrogen-bond acceptors (Lipinski definition) is 5. The predicted molar refractivity (Wildman–Crippen MR) is 92.3 cm³/mol. The summed E-state index contributed by atoms with van der Waals surface area (Å²) in [5.41, 5.74) is 3.01. The number of ether oxygens (including phenoxy) is 2. The maximum Gasteiger partial charge on any atom is 0.306 e. The molecule has 126 valence electrons. The average Bonchev–Trinajstić information content (AvgIpc) is 2.48. The number of hydrogen-bond donors (Lipinski definition) is 2. The van der Waals surface area contributed by atoms with E-state index in [1.54, 1.807) is 0 Å². The summed E-state index contributed by atoms with van der Waals surface area (Å²) >= 11 is 5.09. The van der Waals surface area contributed by atoms with Crippen molar-refractivity contribution in [1.82, 2.24) is 5.32 Å². The van der Waals surface area contributed by atoms with Crippen LogP contribution in [0.15, 0.2) is 18.2 Å². The van der Waals surface area contributed by atoms with Crippen LogP contribution in [-0.2, 0) is 19.1 Å². The molecule has 0 fully saturated rings. The van der Waals surface area contributed by atoms with E-state index in [1.807, 2.05) is 32.0 Å². The largest absolute Gasteiger partial charge is 0.463 e. The molecule has 2 N–H and O–H groups in total. The lowest BCUT2D eigenvalue weighted by Gasteiger charge is -2.12. The van der Waals surface area contributed by atoms with Gasteiger partial charge in [-0.15, -0.1) is 0 Å². The molecule has 1 aromatic carbocycles. The van der Waals surface area contributed by atoms with Crippen molar-refractivity contribution in [3.05, 3.63) is 29.3 Å². The molecule has 0 saturated heterocycles. The van der Waals surface area contributed by atoms with Crippen molar-refractivity contribution < 1.29 is 19.1 Å². The number of esters is 1. The summed E-state index contributed by atoms with van der Waals surface area (Å²) in [6, 6.07) is 5.87. The third kappa shape index (κ3) is 7.71. The average molecular weight is 338 g/mol. The third-order valence-corrected chi connectivity index (χ3v) is 3.19. The summed E-state index contributed by atoms with van der Waals surface area (Å²) in [6.07, 6.45) is 0.0161. The van der Waals surface area contributed by atoms with Crippen molar-refractivity contribution in [2.45, 2.75) is 26.7 Å². The molecule has 0 aliphatic heterocycles. The van der Waals surface area contributed by atoms with Crippen LogP contribution in [0.3, 0.4) is 0 Å². The van der Waals surface area contributed by atoms with Gasteiger partial charge in [-0.25, -0.2) is 0 Å². The Morgan fingerprint density at radius 1 is 1.17 bits per heavy atom. The molecule has 1 aromatic rings. The molecule has 0 radical (unpaired) electrons. The van der Waals surface area contributed by atoms with Crippen LogP contribution >= 0.6 is 12.2 Å². The van der Waals surface area contributed by atoms with E-state index < -0.39 is 5.97 Å². The van der Waals surface area contributed by atoms with Crippen LogP contribution in [0.2, 0.25) is 0 Å². The summed E-state index contributed by atoms with van der Waals surface area (Å²) in [7, 11) is 1.52. The highest BCUT2D eigenvalue weighted by atomic mass is 32.1. The second-order valence-electron chi connectivity index (χ2n) is 5.03. The number of nitrogens with one attached hydrogen (secondary N) is 2. The van der Waals surface area contributed by atoms with Gasteiger partial charge in [0.05, 0.1) is 13.0 Å². The fraction of sp³-hybridized carbons (Fsp3) is 0.438. The van der Waals surface area contributed by atoms with Gasteiger partial charge < -0.3 is 20.1 Å². The fourth-order valence-electron chi connectivity index (χ4n) is 1.82. The van der Waals surface area contributed by atoms with Crippen LogP contribution in [0, 0.1) is 13.8 Å². The van der Waals surface area contributed by atoms with Crippen molar-refractivity contribution >= 4 is 34.9 Å². The lowest BCUT2D eigenvalue weighted by molar-refractivity contribution is -0.146. The number of benzene rings is 1. The zero-order valence-electron chi connectivity index (χ0n) is 13.6. The quantitative estimate of drug-likeness (QED) is 0.450. The fourth-order valence-corrected chi connectivity index (χ4v) is 2.05. The first-order chi connectivity index (χ1) is 10.9. The molecule has 0 heterocycles. The molecular weight excluding hydrogens is 316 g/mol. The molecule has 23 heavy (non-hydrogen) atoms. The summed E-state index contributed by atoms with van der Waals surface area (Å²) in [5.74, 6) is -0.776. The Hall–Kier alpha value is -1.99. The minimum Gasteiger partial charge on any atom is -0.463 e. The number of methoxy groups -OCH3 is 1. The third-order valence-electron chi connectivity index (χ3n) is 2.99. The minimum absolute atomic E-state index is 0.00171. The Balaban J connectivity index is 2.33. The van der Waals surface area contributed by atoms with Gasteiger partial charge in [-0.3, -0.25) is 9.59 Å². The number of carbonyl (C=O) groups excluding carboxylic acids is 2. The van der Waals surface area contributed by atoms with Crippen molar-refractivity contribution in [2.75, 3.05) is 25.6 Å². The number of amides is 1. The zero-order valence-corrected chi connectivity index (χ0v) is 14.4. The number of carbonyl (C=O) groups is 2. The number of aryl methyl sites for hydroxylation is 2. The summed E-state index contributed by atoms with van der Waals surface area (Å²) in [4.78, 5) is 23.1. The molecule has 1 rings (SSSR count). The summed E-state index contributed by atoms with van der Waals surface area (Å²) in [6.45, 7) is 4.48. The second kappa shape index (κ2) is 9.91. The molecule has 0 spiro atoms. The van der Waals surface area contributed by atoms with Gasteiger partial charge in [0.15, 0.2) is 5.11 Å². The topological polar surface area (TPSA) is 76.7 Å². The molecular formula is C16H22N2O4S. The van der Waals surface area contributed by atoms with Crippen molar-refractivity contribution in [3.63, 3.8) is 0 Å². The van der Waals surface area contributed by atoms with Gasteiger partial charge in [-0.05, 0) is 37.7 Å². The number of thiocarbonyl (C=S) groups is 1. The molecule has 0 atom stereocenters. The molecule has 1 amide bonds. The van der Waals surface area contributed by atoms with Crippen LogP contribution in [0.1, 0.15) is 24.0 Å². The van der Waals surface area contributed by atoms with Crippen LogP contribution in [0.5, 0.6) is 0 Å². The molecule has 7 heteroatoms. The molecule has 6 nitrogen and oxygen atoms in total. The van der Waals surface area contributed by atoms with E-state index in [1.165, 1.54) is 7.11 Å². The minimum atomic E-state index is -0.439. The lowest BCUT2D eigenvalue weighted by atomic mass is 10.1. The van der Waals surface area contributed by atoms with Crippen molar-refractivity contribution in [2.24, 2.45) is 0 Å². The van der Waals surface area contributed by atoms with Gasteiger partial charge in [-0.1, -0.05) is 17.7 Å². The van der Waals surface area contributed by atoms with Crippen molar-refractivity contribution in [1.29, 1.82) is 0 Å². The first-order valence-corrected chi connectivity index (χ1v) is 7.66. The highest BCUT2D eigenvalue weighted by Gasteiger charge is 2.10. The molecule has 0 aliphatic rings. The molecule has 0 unspecified atom stereocenters. The van der Waals surface area contributed by atoms with Crippen molar-refractivity contribution in [3.8, 4) is 0 Å². The first-order valence-electron chi connectivity index (χ1n) is 7.25. The van der Waals surface area contributed by atoms with Gasteiger partial charge in [0, 0.05) is 19.2 Å². The molecule has 0 saturated carbocycles. The Labute approximate surface area is 141 Å². The molecule has 0 aliphatic carbocycles. The van der Waals surface area contributed by atoms with E-state index in [2.05, 4.69) is 10.6 Å². The normalized spacial score (nSPS) is 10.0. The van der Waals surface area contributed by atoms with E-state index in [4.69, 9.17) is 21.7 Å². The predicted octanol–water partition coefficient (Wildman–Crippen LogP) is 2.09. The summed E-state index contributed by atoms with van der Waals surface area (Å²) in [5, 5.41) is 5.71. The van der Waals surface area contributed by atoms with Crippen LogP contribution in [-0.4, -0.2) is 37.3 Å². The maximum absolute atomic E-state index is 11.7. The summed E-state index contributed by atoms with van der Waals surface area (Å²) < 4.78 is 9.63. The van der Waals surface area contributed by atoms with E-state index in [0.717, 1.165) is 16.8 Å². The monoisotopic (exact) mass is 338 g/mol. The number of rotatable bonds is 7. The van der Waals surface area contributed by atoms with E-state index in [-0.39, 0.29) is 30.5 Å². The van der Waals surface area contributed by atoms with Crippen LogP contribution in [0.25, 0.3) is 0 Å². The van der Waals surface area contributed by atoms with E-state index >= 15 is 0 Å². The van der Waals surface area contributed by atoms with Gasteiger partial charge in [0.2, 0.25) is 5.91 Å². The number of anilines is 1. The Morgan fingerprint density at radius 3 is 2.57 bits per heavy atom. The Morgan fingerprint density at radius 2 is 1.91 bits per heavy atom. The highest BCUT2D eigenvalue weighted by Crippen LogP contribution is 2.15. The standard InChI is InChI=1S/C16H22N2O4S/c1-11-4-5-13(12(2)10-11)17-16(23)18-14(19)6-7-15(20)22-9-8-21-3/h4-5,10H,6-9H2,1-3H3,(H2,17,18,19,23). The van der Waals surface area contributed by atoms with Crippen LogP contribution < -0.4 is 10.6 Å². The van der Waals surface area contributed by atoms with Crippen LogP contribution in [0.4, 0.5) is 5.69 Å². The van der Waals surface area contributed by atoms with Gasteiger partial charge in [-0.2, -0.15) is 0 Å². The van der Waals surface area contributed by atoms with E-state index in [9.17, 15) is 9.59 Å². The smallest absolute Gasteiger partial charge is 0.306 e. The zero-order chi connectivity index (χ0) is 17.2. The Kier molecular flexibility index (Phi) is 8.21. The lowest BCUT2D eigenvalue weighted by Crippen LogP contribution is -2.34. The van der Waals surface area contributed by atoms with E-state index in [0.29, 0.717) is 6.61 Å². The molecule has 0 bridgehead atoms. The Bertz CT molecular complexity index is 575. The van der Waals surface area contributed by atoms with Gasteiger partial charge >= 0.3 is 5.97 Å².